The molecule has 3 rings (SSSR count). The van der Waals surface area contributed by atoms with Crippen molar-refractivity contribution in [2.75, 3.05) is 0 Å². The van der Waals surface area contributed by atoms with Crippen LogP contribution in [0.5, 0.6) is 5.75 Å². The molecule has 0 spiro atoms. The second-order valence-corrected chi connectivity index (χ2v) is 5.30. The van der Waals surface area contributed by atoms with E-state index in [4.69, 9.17) is 9.62 Å². The number of rotatable bonds is 1. The molecule has 0 aliphatic heterocycles. The average molecular weight is 310 g/mol. The van der Waals surface area contributed by atoms with Gasteiger partial charge in [-0.15, -0.1) is 0 Å². The van der Waals surface area contributed by atoms with E-state index in [1.54, 1.807) is 6.07 Å². The number of hydrogen-bond acceptors (Lipinski definition) is 4. The molecule has 18 heavy (non-hydrogen) atoms. The molecule has 0 saturated carbocycles. The van der Waals surface area contributed by atoms with E-state index in [1.807, 2.05) is 0 Å². The molecule has 1 aliphatic rings. The standard InChI is InChI=1S/C13H12BrNO3/c14-9-5-11-12(8(6-15-17)13(9)16)7-3-1-2-4-10(7)18-11/h5-6,16-17H,1-4H2/b15-6-. The molecule has 1 heterocycles. The summed E-state index contributed by atoms with van der Waals surface area (Å²) < 4.78 is 6.37. The summed E-state index contributed by atoms with van der Waals surface area (Å²) >= 11 is 3.28. The fraction of sp³-hybridized carbons (Fsp3) is 0.308. The number of furan rings is 1. The van der Waals surface area contributed by atoms with Crippen molar-refractivity contribution in [1.29, 1.82) is 0 Å². The Bertz CT molecular complexity index is 645. The van der Waals surface area contributed by atoms with Gasteiger partial charge in [-0.2, -0.15) is 0 Å². The zero-order chi connectivity index (χ0) is 12.7. The summed E-state index contributed by atoms with van der Waals surface area (Å²) in [6, 6.07) is 1.76. The molecule has 0 saturated heterocycles. The van der Waals surface area contributed by atoms with Crippen LogP contribution in [-0.4, -0.2) is 16.5 Å². The van der Waals surface area contributed by atoms with Crippen LogP contribution in [0.3, 0.4) is 0 Å². The van der Waals surface area contributed by atoms with Crippen molar-refractivity contribution >= 4 is 33.1 Å². The molecule has 0 unspecified atom stereocenters. The molecule has 0 fully saturated rings. The number of nitrogens with zero attached hydrogens (tertiary/aromatic N) is 1. The largest absolute Gasteiger partial charge is 0.506 e. The molecule has 4 nitrogen and oxygen atoms in total. The first-order valence-corrected chi connectivity index (χ1v) is 6.65. The Kier molecular flexibility index (Phi) is 2.78. The highest BCUT2D eigenvalue weighted by molar-refractivity contribution is 9.10. The summed E-state index contributed by atoms with van der Waals surface area (Å²) in [7, 11) is 0. The molecule has 5 heteroatoms. The van der Waals surface area contributed by atoms with Gasteiger partial charge in [0.2, 0.25) is 0 Å². The Morgan fingerprint density at radius 2 is 2.11 bits per heavy atom. The summed E-state index contributed by atoms with van der Waals surface area (Å²) in [6.45, 7) is 0. The first-order valence-electron chi connectivity index (χ1n) is 5.85. The molecule has 0 atom stereocenters. The maximum absolute atomic E-state index is 10.1. The van der Waals surface area contributed by atoms with Gasteiger partial charge in [0.05, 0.1) is 16.3 Å². The Labute approximate surface area is 112 Å². The number of oxime groups is 1. The van der Waals surface area contributed by atoms with Gasteiger partial charge in [0.25, 0.3) is 0 Å². The first-order chi connectivity index (χ1) is 8.72. The summed E-state index contributed by atoms with van der Waals surface area (Å²) in [5.74, 6) is 1.07. The third-order valence-electron chi connectivity index (χ3n) is 3.39. The second-order valence-electron chi connectivity index (χ2n) is 4.45. The van der Waals surface area contributed by atoms with Crippen molar-refractivity contribution in [3.8, 4) is 5.75 Å². The lowest BCUT2D eigenvalue weighted by atomic mass is 9.94. The van der Waals surface area contributed by atoms with Gasteiger partial charge in [0.1, 0.15) is 17.1 Å². The minimum Gasteiger partial charge on any atom is -0.506 e. The van der Waals surface area contributed by atoms with E-state index < -0.39 is 0 Å². The molecular weight excluding hydrogens is 298 g/mol. The maximum atomic E-state index is 10.1. The number of fused-ring (bicyclic) bond motifs is 3. The van der Waals surface area contributed by atoms with Crippen molar-refractivity contribution in [1.82, 2.24) is 0 Å². The van der Waals surface area contributed by atoms with Crippen LogP contribution in [-0.2, 0) is 12.8 Å². The zero-order valence-corrected chi connectivity index (χ0v) is 11.2. The minimum atomic E-state index is 0.0782. The van der Waals surface area contributed by atoms with Gasteiger partial charge in [0.15, 0.2) is 0 Å². The third kappa shape index (κ3) is 1.61. The van der Waals surface area contributed by atoms with Gasteiger partial charge in [0, 0.05) is 17.4 Å². The van der Waals surface area contributed by atoms with Crippen LogP contribution in [0.2, 0.25) is 0 Å². The van der Waals surface area contributed by atoms with Crippen LogP contribution in [0.1, 0.15) is 29.7 Å². The normalized spacial score (nSPS) is 15.4. The van der Waals surface area contributed by atoms with Gasteiger partial charge in [-0.25, -0.2) is 0 Å². The van der Waals surface area contributed by atoms with Crippen molar-refractivity contribution < 1.29 is 14.7 Å². The lowest BCUT2D eigenvalue weighted by Crippen LogP contribution is -1.99. The van der Waals surface area contributed by atoms with Crippen molar-refractivity contribution in [2.45, 2.75) is 25.7 Å². The van der Waals surface area contributed by atoms with E-state index in [0.717, 1.165) is 48.0 Å². The zero-order valence-electron chi connectivity index (χ0n) is 9.61. The number of phenols is 1. The van der Waals surface area contributed by atoms with Gasteiger partial charge >= 0.3 is 0 Å². The highest BCUT2D eigenvalue weighted by Gasteiger charge is 2.22. The monoisotopic (exact) mass is 309 g/mol. The predicted octanol–water partition coefficient (Wildman–Crippen LogP) is 3.59. The van der Waals surface area contributed by atoms with E-state index in [9.17, 15) is 5.11 Å². The SMILES string of the molecule is O/N=C\c1c(O)c(Br)cc2oc3c(c12)CCCC3. The number of aryl methyl sites for hydroxylation is 2. The van der Waals surface area contributed by atoms with E-state index in [0.29, 0.717) is 10.0 Å². The Morgan fingerprint density at radius 3 is 2.89 bits per heavy atom. The molecule has 2 aromatic rings. The first kappa shape index (κ1) is 11.6. The number of halogens is 1. The molecule has 2 N–H and O–H groups in total. The number of benzene rings is 1. The average Bonchev–Trinajstić information content (AvgIpc) is 2.72. The highest BCUT2D eigenvalue weighted by atomic mass is 79.9. The van der Waals surface area contributed by atoms with E-state index in [1.165, 1.54) is 6.21 Å². The van der Waals surface area contributed by atoms with Gasteiger partial charge in [-0.05, 0) is 41.3 Å². The number of hydrogen-bond donors (Lipinski definition) is 2. The van der Waals surface area contributed by atoms with Gasteiger partial charge < -0.3 is 14.7 Å². The van der Waals surface area contributed by atoms with Crippen LogP contribution in [0, 0.1) is 0 Å². The molecule has 0 bridgehead atoms. The second kappa shape index (κ2) is 4.31. The Hall–Kier alpha value is -1.49. The van der Waals surface area contributed by atoms with Crippen LogP contribution in [0.4, 0.5) is 0 Å². The molecule has 0 amide bonds. The molecule has 94 valence electrons. The summed E-state index contributed by atoms with van der Waals surface area (Å²) in [5, 5.41) is 22.7. The fourth-order valence-electron chi connectivity index (χ4n) is 2.60. The predicted molar refractivity (Wildman–Crippen MR) is 71.6 cm³/mol. The van der Waals surface area contributed by atoms with Crippen molar-refractivity contribution in [3.05, 3.63) is 27.4 Å². The molecule has 1 aromatic carbocycles. The molecule has 1 aromatic heterocycles. The smallest absolute Gasteiger partial charge is 0.139 e. The van der Waals surface area contributed by atoms with Crippen molar-refractivity contribution in [3.63, 3.8) is 0 Å². The highest BCUT2D eigenvalue weighted by Crippen LogP contribution is 2.40. The minimum absolute atomic E-state index is 0.0782. The maximum Gasteiger partial charge on any atom is 0.139 e. The summed E-state index contributed by atoms with van der Waals surface area (Å²) in [5.41, 5.74) is 2.37. The number of aromatic hydroxyl groups is 1. The van der Waals surface area contributed by atoms with Gasteiger partial charge in [-0.3, -0.25) is 0 Å². The van der Waals surface area contributed by atoms with Crippen LogP contribution < -0.4 is 0 Å². The molecular formula is C13H12BrNO3. The molecule has 0 radical (unpaired) electrons. The summed E-state index contributed by atoms with van der Waals surface area (Å²) in [4.78, 5) is 0. The van der Waals surface area contributed by atoms with E-state index in [-0.39, 0.29) is 5.75 Å². The van der Waals surface area contributed by atoms with E-state index in [2.05, 4.69) is 21.1 Å². The van der Waals surface area contributed by atoms with Gasteiger partial charge in [-0.1, -0.05) is 5.16 Å². The number of phenolic OH excluding ortho intramolecular Hbond substituents is 1. The van der Waals surface area contributed by atoms with Crippen LogP contribution in [0.15, 0.2) is 20.1 Å². The lowest BCUT2D eigenvalue weighted by Gasteiger charge is -2.10. The lowest BCUT2D eigenvalue weighted by molar-refractivity contribution is 0.321. The molecule has 1 aliphatic carbocycles. The van der Waals surface area contributed by atoms with Crippen molar-refractivity contribution in [2.24, 2.45) is 5.16 Å². The fourth-order valence-corrected chi connectivity index (χ4v) is 3.02. The third-order valence-corrected chi connectivity index (χ3v) is 4.00. The topological polar surface area (TPSA) is 66.0 Å². The van der Waals surface area contributed by atoms with E-state index >= 15 is 0 Å². The quantitative estimate of drug-likeness (QED) is 0.480. The van der Waals surface area contributed by atoms with Crippen LogP contribution >= 0.6 is 15.9 Å². The Balaban J connectivity index is 2.40. The Morgan fingerprint density at radius 1 is 1.33 bits per heavy atom. The summed E-state index contributed by atoms with van der Waals surface area (Å²) in [6.07, 6.45) is 5.37. The van der Waals surface area contributed by atoms with Crippen LogP contribution in [0.25, 0.3) is 11.0 Å².